The van der Waals surface area contributed by atoms with E-state index in [0.29, 0.717) is 17.5 Å². The summed E-state index contributed by atoms with van der Waals surface area (Å²) in [7, 11) is 0. The van der Waals surface area contributed by atoms with Gasteiger partial charge < -0.3 is 15.0 Å². The van der Waals surface area contributed by atoms with E-state index in [1.807, 2.05) is 42.5 Å². The summed E-state index contributed by atoms with van der Waals surface area (Å²) < 4.78 is 2.67. The number of benzene rings is 2. The molecule has 2 aromatic carbocycles. The number of carboxylic acids is 1. The van der Waals surface area contributed by atoms with Crippen molar-refractivity contribution in [3.63, 3.8) is 0 Å². The number of carbonyl (C=O) groups is 2. The van der Waals surface area contributed by atoms with Gasteiger partial charge in [0.15, 0.2) is 0 Å². The number of fused-ring (bicyclic) bond motifs is 1. The average Bonchev–Trinajstić information content (AvgIpc) is 3.80. The van der Waals surface area contributed by atoms with Gasteiger partial charge in [-0.2, -0.15) is 0 Å². The van der Waals surface area contributed by atoms with Crippen LogP contribution in [0.3, 0.4) is 0 Å². The number of carbonyl (C=O) groups excluding carboxylic acids is 1. The highest BCUT2D eigenvalue weighted by atomic mass is 79.9. The maximum absolute atomic E-state index is 13.1. The molecule has 4 aromatic rings. The van der Waals surface area contributed by atoms with E-state index in [0.717, 1.165) is 39.7 Å². The number of aromatic nitrogens is 2. The number of pyridine rings is 2. The molecule has 2 aliphatic carbocycles. The molecule has 8 heteroatoms. The molecular formula is C28H22BrN3O4. The first-order valence-corrected chi connectivity index (χ1v) is 12.6. The minimum absolute atomic E-state index is 0.0380. The predicted molar refractivity (Wildman–Crippen MR) is 139 cm³/mol. The molecule has 36 heavy (non-hydrogen) atoms. The van der Waals surface area contributed by atoms with Crippen LogP contribution in [-0.4, -0.2) is 32.6 Å². The van der Waals surface area contributed by atoms with Crippen LogP contribution >= 0.6 is 15.9 Å². The molecule has 0 radical (unpaired) electrons. The number of nitrogens with one attached hydrogen (secondary N) is 1. The Bertz CT molecular complexity index is 1610. The molecular weight excluding hydrogens is 522 g/mol. The zero-order valence-electron chi connectivity index (χ0n) is 19.1. The minimum atomic E-state index is -0.754. The highest BCUT2D eigenvalue weighted by Gasteiger charge is 2.45. The molecule has 2 N–H and O–H groups in total. The first-order valence-electron chi connectivity index (χ1n) is 11.8. The van der Waals surface area contributed by atoms with Crippen molar-refractivity contribution >= 4 is 38.8 Å². The number of hydrogen-bond donors (Lipinski definition) is 2. The van der Waals surface area contributed by atoms with Crippen molar-refractivity contribution < 1.29 is 14.7 Å². The molecule has 2 aromatic heterocycles. The van der Waals surface area contributed by atoms with E-state index in [1.54, 1.807) is 29.1 Å². The Morgan fingerprint density at radius 1 is 1.06 bits per heavy atom. The first kappa shape index (κ1) is 22.7. The van der Waals surface area contributed by atoms with Crippen LogP contribution in [0.2, 0.25) is 0 Å². The third-order valence-corrected chi connectivity index (χ3v) is 7.57. The van der Waals surface area contributed by atoms with Crippen molar-refractivity contribution in [1.82, 2.24) is 14.9 Å². The second kappa shape index (κ2) is 8.71. The van der Waals surface area contributed by atoms with Crippen LogP contribution in [0, 0.1) is 5.92 Å². The SMILES string of the molecule is O=C(NC1CC1)c1cn(-c2cccc(-c3ccc(C4CC4C(=O)O)c(Br)c3)c2)c2ncccc2c1=O. The van der Waals surface area contributed by atoms with Crippen LogP contribution in [0.4, 0.5) is 0 Å². The summed E-state index contributed by atoms with van der Waals surface area (Å²) in [6, 6.07) is 17.3. The normalized spacial score (nSPS) is 18.7. The molecule has 6 rings (SSSR count). The molecule has 2 unspecified atom stereocenters. The summed E-state index contributed by atoms with van der Waals surface area (Å²) in [4.78, 5) is 41.7. The highest BCUT2D eigenvalue weighted by molar-refractivity contribution is 9.10. The fraction of sp³-hybridized carbons (Fsp3) is 0.214. The second-order valence-corrected chi connectivity index (χ2v) is 10.3. The lowest BCUT2D eigenvalue weighted by Gasteiger charge is -2.14. The van der Waals surface area contributed by atoms with Crippen molar-refractivity contribution in [2.75, 3.05) is 0 Å². The maximum atomic E-state index is 13.1. The lowest BCUT2D eigenvalue weighted by Crippen LogP contribution is -2.31. The van der Waals surface area contributed by atoms with E-state index in [1.165, 1.54) is 0 Å². The smallest absolute Gasteiger partial charge is 0.307 e. The molecule has 7 nitrogen and oxygen atoms in total. The van der Waals surface area contributed by atoms with Crippen molar-refractivity contribution in [2.45, 2.75) is 31.2 Å². The Labute approximate surface area is 214 Å². The molecule has 0 bridgehead atoms. The molecule has 2 heterocycles. The summed E-state index contributed by atoms with van der Waals surface area (Å²) in [6.45, 7) is 0. The Balaban J connectivity index is 1.41. The van der Waals surface area contributed by atoms with Crippen molar-refractivity contribution in [1.29, 1.82) is 0 Å². The Hall–Kier alpha value is -3.78. The van der Waals surface area contributed by atoms with Crippen LogP contribution < -0.4 is 10.7 Å². The van der Waals surface area contributed by atoms with Gasteiger partial charge in [0.1, 0.15) is 11.2 Å². The molecule has 180 valence electrons. The third kappa shape index (κ3) is 4.11. The van der Waals surface area contributed by atoms with Crippen LogP contribution in [0.1, 0.15) is 41.1 Å². The van der Waals surface area contributed by atoms with Gasteiger partial charge in [-0.15, -0.1) is 0 Å². The second-order valence-electron chi connectivity index (χ2n) is 9.44. The number of amides is 1. The van der Waals surface area contributed by atoms with E-state index in [9.17, 15) is 19.5 Å². The summed E-state index contributed by atoms with van der Waals surface area (Å²) in [5.41, 5.74) is 3.92. The fourth-order valence-electron chi connectivity index (χ4n) is 4.66. The van der Waals surface area contributed by atoms with Gasteiger partial charge in [-0.3, -0.25) is 14.4 Å². The van der Waals surface area contributed by atoms with Gasteiger partial charge >= 0.3 is 5.97 Å². The average molecular weight is 544 g/mol. The van der Waals surface area contributed by atoms with E-state index in [4.69, 9.17) is 0 Å². The largest absolute Gasteiger partial charge is 0.481 e. The molecule has 2 atom stereocenters. The summed E-state index contributed by atoms with van der Waals surface area (Å²) in [5, 5.41) is 12.6. The van der Waals surface area contributed by atoms with Gasteiger partial charge in [0.25, 0.3) is 5.91 Å². The number of hydrogen-bond acceptors (Lipinski definition) is 4. The molecule has 1 amide bonds. The van der Waals surface area contributed by atoms with Crippen LogP contribution in [0.25, 0.3) is 27.8 Å². The number of halogens is 1. The Kier molecular flexibility index (Phi) is 5.48. The van der Waals surface area contributed by atoms with Gasteiger partial charge in [-0.05, 0) is 72.2 Å². The van der Waals surface area contributed by atoms with E-state index in [2.05, 4.69) is 26.2 Å². The van der Waals surface area contributed by atoms with Crippen LogP contribution in [-0.2, 0) is 4.79 Å². The number of aliphatic carboxylic acids is 1. The van der Waals surface area contributed by atoms with E-state index in [-0.39, 0.29) is 34.8 Å². The van der Waals surface area contributed by atoms with E-state index < -0.39 is 5.97 Å². The van der Waals surface area contributed by atoms with Gasteiger partial charge in [0.05, 0.1) is 11.3 Å². The molecule has 2 saturated carbocycles. The lowest BCUT2D eigenvalue weighted by molar-refractivity contribution is -0.138. The predicted octanol–water partition coefficient (Wildman–Crippen LogP) is 4.90. The Morgan fingerprint density at radius 3 is 2.58 bits per heavy atom. The molecule has 0 aliphatic heterocycles. The number of rotatable bonds is 6. The van der Waals surface area contributed by atoms with Gasteiger partial charge in [-0.1, -0.05) is 40.2 Å². The standard InChI is InChI=1S/C28H22BrN3O4/c29-24-12-16(6-9-19(24)21-13-22(21)28(35)36)15-3-1-4-18(11-15)32-14-23(27(34)31-17-7-8-17)25(33)20-5-2-10-30-26(20)32/h1-6,9-12,14,17,21-22H,7-8,13H2,(H,31,34)(H,35,36). The summed E-state index contributed by atoms with van der Waals surface area (Å²) in [6.07, 6.45) is 5.73. The number of carboxylic acid groups (broad SMARTS) is 1. The topological polar surface area (TPSA) is 101 Å². The third-order valence-electron chi connectivity index (χ3n) is 6.88. The molecule has 0 saturated heterocycles. The fourth-order valence-corrected chi connectivity index (χ4v) is 5.34. The summed E-state index contributed by atoms with van der Waals surface area (Å²) >= 11 is 3.63. The van der Waals surface area contributed by atoms with Crippen molar-refractivity contribution in [3.05, 3.63) is 92.8 Å². The Morgan fingerprint density at radius 2 is 1.86 bits per heavy atom. The molecule has 2 fully saturated rings. The van der Waals surface area contributed by atoms with Gasteiger partial charge in [0, 0.05) is 28.6 Å². The zero-order chi connectivity index (χ0) is 25.0. The summed E-state index contributed by atoms with van der Waals surface area (Å²) in [5.74, 6) is -1.40. The number of nitrogens with zero attached hydrogens (tertiary/aromatic N) is 2. The van der Waals surface area contributed by atoms with Crippen LogP contribution in [0.15, 0.2) is 76.3 Å². The van der Waals surface area contributed by atoms with Gasteiger partial charge in [-0.25, -0.2) is 4.98 Å². The lowest BCUT2D eigenvalue weighted by atomic mass is 10.0. The zero-order valence-corrected chi connectivity index (χ0v) is 20.7. The quantitative estimate of drug-likeness (QED) is 0.360. The van der Waals surface area contributed by atoms with E-state index >= 15 is 0 Å². The van der Waals surface area contributed by atoms with Crippen molar-refractivity contribution in [3.8, 4) is 16.8 Å². The first-order chi connectivity index (χ1) is 17.4. The molecule has 2 aliphatic rings. The maximum Gasteiger partial charge on any atom is 0.307 e. The van der Waals surface area contributed by atoms with Crippen LogP contribution in [0.5, 0.6) is 0 Å². The molecule has 0 spiro atoms. The van der Waals surface area contributed by atoms with Gasteiger partial charge in [0.2, 0.25) is 5.43 Å². The monoisotopic (exact) mass is 543 g/mol. The minimum Gasteiger partial charge on any atom is -0.481 e. The van der Waals surface area contributed by atoms with Crippen molar-refractivity contribution in [2.24, 2.45) is 5.92 Å². The highest BCUT2D eigenvalue weighted by Crippen LogP contribution is 2.50.